The number of ether oxygens (including phenoxy) is 1. The second-order valence-electron chi connectivity index (χ2n) is 5.99. The van der Waals surface area contributed by atoms with E-state index in [1.54, 1.807) is 0 Å². The maximum absolute atomic E-state index is 14.3. The van der Waals surface area contributed by atoms with E-state index in [-0.39, 0.29) is 17.6 Å². The van der Waals surface area contributed by atoms with Gasteiger partial charge in [-0.15, -0.1) is 0 Å². The Morgan fingerprint density at radius 1 is 1.15 bits per heavy atom. The van der Waals surface area contributed by atoms with Crippen LogP contribution < -0.4 is 4.74 Å². The number of carbonyl (C=O) groups is 1. The topological polar surface area (TPSA) is 39.2 Å². The fraction of sp³-hybridized carbons (Fsp3) is 0.294. The van der Waals surface area contributed by atoms with Gasteiger partial charge in [-0.05, 0) is 18.2 Å². The van der Waals surface area contributed by atoms with Crippen LogP contribution in [0.3, 0.4) is 0 Å². The molecule has 0 unspecified atom stereocenters. The zero-order valence-electron chi connectivity index (χ0n) is 13.0. The number of hydrogen-bond donors (Lipinski definition) is 0. The molecular weight excluding hydrogens is 364 g/mol. The molecule has 3 rings (SSSR count). The lowest BCUT2D eigenvalue weighted by Gasteiger charge is -2.39. The standard InChI is InChI=1S/C17H11F6NO2/c18-12-3-9(8-25)4-13(19)15(12)26-11-1-2-24-14(5-11)17(22,23)10-6-16(20,21)7-10/h1-5,8,10H,6-7H2. The van der Waals surface area contributed by atoms with Gasteiger partial charge in [-0.1, -0.05) is 0 Å². The zero-order chi connectivity index (χ0) is 19.1. The van der Waals surface area contributed by atoms with Crippen molar-refractivity contribution in [1.29, 1.82) is 0 Å². The largest absolute Gasteiger partial charge is 0.451 e. The van der Waals surface area contributed by atoms with Gasteiger partial charge < -0.3 is 4.74 Å². The van der Waals surface area contributed by atoms with Crippen molar-refractivity contribution in [3.8, 4) is 11.5 Å². The van der Waals surface area contributed by atoms with Gasteiger partial charge in [-0.3, -0.25) is 9.78 Å². The molecule has 3 nitrogen and oxygen atoms in total. The summed E-state index contributed by atoms with van der Waals surface area (Å²) in [7, 11) is 0. The normalized spacial score (nSPS) is 16.8. The maximum Gasteiger partial charge on any atom is 0.293 e. The van der Waals surface area contributed by atoms with E-state index in [4.69, 9.17) is 4.74 Å². The fourth-order valence-electron chi connectivity index (χ4n) is 2.65. The molecule has 0 N–H and O–H groups in total. The van der Waals surface area contributed by atoms with Crippen molar-refractivity contribution in [1.82, 2.24) is 4.98 Å². The van der Waals surface area contributed by atoms with E-state index in [2.05, 4.69) is 4.98 Å². The second kappa shape index (κ2) is 6.30. The second-order valence-corrected chi connectivity index (χ2v) is 5.99. The van der Waals surface area contributed by atoms with Crippen LogP contribution in [0.15, 0.2) is 30.5 Å². The minimum absolute atomic E-state index is 0.232. The molecule has 0 spiro atoms. The van der Waals surface area contributed by atoms with E-state index in [9.17, 15) is 31.1 Å². The molecular formula is C17H11F6NO2. The number of nitrogens with zero attached hydrogens (tertiary/aromatic N) is 1. The Labute approximate surface area is 143 Å². The summed E-state index contributed by atoms with van der Waals surface area (Å²) < 4.78 is 86.9. The predicted molar refractivity (Wildman–Crippen MR) is 77.6 cm³/mol. The Kier molecular flexibility index (Phi) is 4.41. The molecule has 1 aliphatic carbocycles. The Morgan fingerprint density at radius 3 is 2.31 bits per heavy atom. The lowest BCUT2D eigenvalue weighted by Crippen LogP contribution is -2.44. The van der Waals surface area contributed by atoms with Gasteiger partial charge >= 0.3 is 0 Å². The van der Waals surface area contributed by atoms with Crippen molar-refractivity contribution < 1.29 is 35.9 Å². The van der Waals surface area contributed by atoms with Gasteiger partial charge in [0.05, 0.1) is 0 Å². The SMILES string of the molecule is O=Cc1cc(F)c(Oc2ccnc(C(F)(F)C3CC(F)(F)C3)c2)c(F)c1. The van der Waals surface area contributed by atoms with Crippen molar-refractivity contribution in [2.24, 2.45) is 5.92 Å². The van der Waals surface area contributed by atoms with E-state index in [0.717, 1.165) is 30.5 Å². The van der Waals surface area contributed by atoms with E-state index in [1.165, 1.54) is 0 Å². The van der Waals surface area contributed by atoms with Crippen LogP contribution in [0, 0.1) is 17.6 Å². The summed E-state index contributed by atoms with van der Waals surface area (Å²) in [6.07, 6.45) is -0.785. The first-order chi connectivity index (χ1) is 12.1. The summed E-state index contributed by atoms with van der Waals surface area (Å²) in [5, 5.41) is 0. The molecule has 0 radical (unpaired) electrons. The molecule has 138 valence electrons. The quantitative estimate of drug-likeness (QED) is 0.539. The van der Waals surface area contributed by atoms with Gasteiger partial charge in [0.25, 0.3) is 5.92 Å². The van der Waals surface area contributed by atoms with Crippen molar-refractivity contribution in [3.05, 3.63) is 53.4 Å². The summed E-state index contributed by atoms with van der Waals surface area (Å²) in [6, 6.07) is 3.27. The third kappa shape index (κ3) is 3.38. The monoisotopic (exact) mass is 375 g/mol. The van der Waals surface area contributed by atoms with Crippen molar-refractivity contribution in [2.75, 3.05) is 0 Å². The van der Waals surface area contributed by atoms with Crippen LogP contribution in [0.25, 0.3) is 0 Å². The number of aromatic nitrogens is 1. The molecule has 1 saturated carbocycles. The minimum atomic E-state index is -3.64. The van der Waals surface area contributed by atoms with Gasteiger partial charge in [0.2, 0.25) is 5.92 Å². The molecule has 26 heavy (non-hydrogen) atoms. The average Bonchev–Trinajstić information content (AvgIpc) is 2.56. The first-order valence-corrected chi connectivity index (χ1v) is 7.46. The van der Waals surface area contributed by atoms with Crippen LogP contribution in [0.2, 0.25) is 0 Å². The third-order valence-corrected chi connectivity index (χ3v) is 4.05. The smallest absolute Gasteiger partial charge is 0.293 e. The molecule has 1 fully saturated rings. The highest BCUT2D eigenvalue weighted by atomic mass is 19.3. The van der Waals surface area contributed by atoms with Crippen LogP contribution in [0.1, 0.15) is 28.9 Å². The molecule has 1 heterocycles. The van der Waals surface area contributed by atoms with Gasteiger partial charge in [0, 0.05) is 36.6 Å². The summed E-state index contributed by atoms with van der Waals surface area (Å²) in [5.41, 5.74) is -1.10. The Balaban J connectivity index is 1.86. The summed E-state index contributed by atoms with van der Waals surface area (Å²) >= 11 is 0. The predicted octanol–water partition coefficient (Wildman–Crippen LogP) is 5.10. The van der Waals surface area contributed by atoms with Crippen molar-refractivity contribution >= 4 is 6.29 Å². The van der Waals surface area contributed by atoms with Gasteiger partial charge in [0.1, 0.15) is 17.7 Å². The molecule has 9 heteroatoms. The number of halogens is 6. The summed E-state index contributed by atoms with van der Waals surface area (Å²) in [6.45, 7) is 0. The molecule has 1 aliphatic rings. The Bertz CT molecular complexity index is 824. The van der Waals surface area contributed by atoms with E-state index in [0.29, 0.717) is 0 Å². The number of alkyl halides is 4. The van der Waals surface area contributed by atoms with Crippen LogP contribution in [0.4, 0.5) is 26.3 Å². The van der Waals surface area contributed by atoms with Gasteiger partial charge in [-0.25, -0.2) is 17.6 Å². The van der Waals surface area contributed by atoms with Crippen molar-refractivity contribution in [3.63, 3.8) is 0 Å². The molecule has 1 aromatic heterocycles. The highest BCUT2D eigenvalue weighted by Crippen LogP contribution is 2.53. The first-order valence-electron chi connectivity index (χ1n) is 7.46. The Hall–Kier alpha value is -2.58. The number of benzene rings is 1. The summed E-state index contributed by atoms with van der Waals surface area (Å²) in [4.78, 5) is 14.0. The molecule has 0 aliphatic heterocycles. The summed E-state index contributed by atoms with van der Waals surface area (Å²) in [5.74, 6) is -12.0. The third-order valence-electron chi connectivity index (χ3n) is 4.05. The highest BCUT2D eigenvalue weighted by Gasteiger charge is 2.57. The van der Waals surface area contributed by atoms with E-state index < -0.39 is 53.7 Å². The molecule has 0 amide bonds. The Morgan fingerprint density at radius 2 is 1.77 bits per heavy atom. The van der Waals surface area contributed by atoms with Crippen molar-refractivity contribution in [2.45, 2.75) is 24.7 Å². The van der Waals surface area contributed by atoms with E-state index >= 15 is 0 Å². The van der Waals surface area contributed by atoms with Gasteiger partial charge in [-0.2, -0.15) is 8.78 Å². The zero-order valence-corrected chi connectivity index (χ0v) is 13.0. The number of aldehydes is 1. The maximum atomic E-state index is 14.3. The average molecular weight is 375 g/mol. The van der Waals surface area contributed by atoms with E-state index in [1.807, 2.05) is 0 Å². The van der Waals surface area contributed by atoms with Crippen LogP contribution in [0.5, 0.6) is 11.5 Å². The lowest BCUT2D eigenvalue weighted by atomic mass is 9.76. The lowest BCUT2D eigenvalue weighted by molar-refractivity contribution is -0.199. The van der Waals surface area contributed by atoms with Gasteiger partial charge in [0.15, 0.2) is 17.4 Å². The fourth-order valence-corrected chi connectivity index (χ4v) is 2.65. The molecule has 1 aromatic carbocycles. The van der Waals surface area contributed by atoms with Crippen LogP contribution in [-0.4, -0.2) is 17.2 Å². The minimum Gasteiger partial charge on any atom is -0.451 e. The molecule has 0 saturated heterocycles. The van der Waals surface area contributed by atoms with Crippen LogP contribution in [-0.2, 0) is 5.92 Å². The van der Waals surface area contributed by atoms with Crippen LogP contribution >= 0.6 is 0 Å². The number of pyridine rings is 1. The molecule has 0 bridgehead atoms. The highest BCUT2D eigenvalue weighted by molar-refractivity contribution is 5.75. The first kappa shape index (κ1) is 18.2. The number of rotatable bonds is 5. The number of carbonyl (C=O) groups excluding carboxylic acids is 1. The number of hydrogen-bond acceptors (Lipinski definition) is 3. The molecule has 0 atom stereocenters. The molecule has 2 aromatic rings.